The van der Waals surface area contributed by atoms with Crippen LogP contribution < -0.4 is 4.74 Å². The van der Waals surface area contributed by atoms with E-state index in [-0.39, 0.29) is 11.7 Å². The minimum Gasteiger partial charge on any atom is -0.496 e. The predicted molar refractivity (Wildman–Crippen MR) is 81.0 cm³/mol. The van der Waals surface area contributed by atoms with Gasteiger partial charge in [0, 0.05) is 10.4 Å². The molecule has 2 atom stereocenters. The molecule has 0 radical (unpaired) electrons. The Labute approximate surface area is 123 Å². The maximum atomic E-state index is 12.9. The van der Waals surface area contributed by atoms with Gasteiger partial charge in [-0.05, 0) is 49.8 Å². The minimum atomic E-state index is 0.154. The summed E-state index contributed by atoms with van der Waals surface area (Å²) in [5, 5.41) is 0. The number of ether oxygens (including phenoxy) is 1. The summed E-state index contributed by atoms with van der Waals surface area (Å²) in [5.41, 5.74) is 2.77. The van der Waals surface area contributed by atoms with E-state index in [1.165, 1.54) is 0 Å². The van der Waals surface area contributed by atoms with E-state index in [0.717, 1.165) is 46.2 Å². The lowest BCUT2D eigenvalue weighted by atomic mass is 9.86. The van der Waals surface area contributed by atoms with Gasteiger partial charge in [-0.2, -0.15) is 0 Å². The molecular formula is C16H21BrO2. The van der Waals surface area contributed by atoms with Crippen molar-refractivity contribution >= 4 is 21.7 Å². The largest absolute Gasteiger partial charge is 0.496 e. The molecule has 1 aromatic rings. The zero-order chi connectivity index (χ0) is 14.2. The number of ketones is 1. The smallest absolute Gasteiger partial charge is 0.170 e. The SMILES string of the molecule is COc1c(C)cc(Br)c(C)c1C(=O)C1CCCC1C. The van der Waals surface area contributed by atoms with Crippen LogP contribution in [0, 0.1) is 25.7 Å². The Hall–Kier alpha value is -0.830. The van der Waals surface area contributed by atoms with Crippen LogP contribution in [-0.2, 0) is 0 Å². The number of benzene rings is 1. The Morgan fingerprint density at radius 2 is 2.05 bits per heavy atom. The van der Waals surface area contributed by atoms with Crippen LogP contribution in [-0.4, -0.2) is 12.9 Å². The average Bonchev–Trinajstić information content (AvgIpc) is 2.79. The first-order valence-corrected chi connectivity index (χ1v) is 7.64. The number of Topliss-reactive ketones (excluding diaryl/α,β-unsaturated/α-hetero) is 1. The fourth-order valence-electron chi connectivity index (χ4n) is 3.13. The molecule has 0 aliphatic heterocycles. The molecule has 0 heterocycles. The van der Waals surface area contributed by atoms with Gasteiger partial charge in [-0.1, -0.05) is 29.3 Å². The average molecular weight is 325 g/mol. The predicted octanol–water partition coefficient (Wildman–Crippen LogP) is 4.69. The number of aryl methyl sites for hydroxylation is 1. The van der Waals surface area contributed by atoms with Crippen LogP contribution in [0.2, 0.25) is 0 Å². The topological polar surface area (TPSA) is 26.3 Å². The summed E-state index contributed by atoms with van der Waals surface area (Å²) >= 11 is 3.54. The van der Waals surface area contributed by atoms with Gasteiger partial charge in [0.25, 0.3) is 0 Å². The Kier molecular flexibility index (Phi) is 4.34. The molecule has 0 N–H and O–H groups in total. The number of hydrogen-bond acceptors (Lipinski definition) is 2. The van der Waals surface area contributed by atoms with Crippen LogP contribution in [0.5, 0.6) is 5.75 Å². The fourth-order valence-corrected chi connectivity index (χ4v) is 3.67. The highest BCUT2D eigenvalue weighted by atomic mass is 79.9. The van der Waals surface area contributed by atoms with Gasteiger partial charge in [0.1, 0.15) is 5.75 Å². The lowest BCUT2D eigenvalue weighted by Crippen LogP contribution is -2.19. The van der Waals surface area contributed by atoms with Gasteiger partial charge in [-0.3, -0.25) is 4.79 Å². The maximum absolute atomic E-state index is 12.9. The number of carbonyl (C=O) groups is 1. The zero-order valence-corrected chi connectivity index (χ0v) is 13.6. The molecule has 1 fully saturated rings. The van der Waals surface area contributed by atoms with Crippen molar-refractivity contribution in [1.82, 2.24) is 0 Å². The number of hydrogen-bond donors (Lipinski definition) is 0. The van der Waals surface area contributed by atoms with Gasteiger partial charge in [0.05, 0.1) is 12.7 Å². The molecule has 0 saturated heterocycles. The van der Waals surface area contributed by atoms with Crippen LogP contribution in [0.3, 0.4) is 0 Å². The van der Waals surface area contributed by atoms with E-state index >= 15 is 0 Å². The van der Waals surface area contributed by atoms with E-state index in [0.29, 0.717) is 5.92 Å². The molecule has 0 aromatic heterocycles. The van der Waals surface area contributed by atoms with E-state index in [1.807, 2.05) is 19.9 Å². The second kappa shape index (κ2) is 5.66. The third kappa shape index (κ3) is 2.58. The fraction of sp³-hybridized carbons (Fsp3) is 0.562. The summed E-state index contributed by atoms with van der Waals surface area (Å²) < 4.78 is 6.47. The molecule has 2 unspecified atom stereocenters. The van der Waals surface area contributed by atoms with Crippen molar-refractivity contribution in [1.29, 1.82) is 0 Å². The second-order valence-electron chi connectivity index (χ2n) is 5.59. The zero-order valence-electron chi connectivity index (χ0n) is 12.0. The Balaban J connectivity index is 2.51. The molecular weight excluding hydrogens is 304 g/mol. The van der Waals surface area contributed by atoms with Crippen LogP contribution in [0.25, 0.3) is 0 Å². The van der Waals surface area contributed by atoms with Gasteiger partial charge in [0.15, 0.2) is 5.78 Å². The molecule has 2 nitrogen and oxygen atoms in total. The summed E-state index contributed by atoms with van der Waals surface area (Å²) in [6.07, 6.45) is 3.32. The third-order valence-electron chi connectivity index (χ3n) is 4.31. The highest BCUT2D eigenvalue weighted by molar-refractivity contribution is 9.10. The van der Waals surface area contributed by atoms with Crippen molar-refractivity contribution < 1.29 is 9.53 Å². The van der Waals surface area contributed by atoms with Crippen molar-refractivity contribution in [2.24, 2.45) is 11.8 Å². The van der Waals surface area contributed by atoms with E-state index < -0.39 is 0 Å². The highest BCUT2D eigenvalue weighted by Gasteiger charge is 2.33. The molecule has 1 aliphatic rings. The van der Waals surface area contributed by atoms with Crippen molar-refractivity contribution in [3.05, 3.63) is 27.2 Å². The normalized spacial score (nSPS) is 22.6. The van der Waals surface area contributed by atoms with E-state index in [4.69, 9.17) is 4.74 Å². The van der Waals surface area contributed by atoms with E-state index in [9.17, 15) is 4.79 Å². The van der Waals surface area contributed by atoms with E-state index in [2.05, 4.69) is 22.9 Å². The molecule has 19 heavy (non-hydrogen) atoms. The summed E-state index contributed by atoms with van der Waals surface area (Å²) in [7, 11) is 1.64. The summed E-state index contributed by atoms with van der Waals surface area (Å²) in [4.78, 5) is 12.9. The molecule has 104 valence electrons. The first kappa shape index (κ1) is 14.6. The Bertz CT molecular complexity index is 508. The summed E-state index contributed by atoms with van der Waals surface area (Å²) in [6, 6.07) is 2.02. The minimum absolute atomic E-state index is 0.154. The molecule has 0 spiro atoms. The first-order chi connectivity index (χ1) is 8.97. The second-order valence-corrected chi connectivity index (χ2v) is 6.44. The monoisotopic (exact) mass is 324 g/mol. The van der Waals surface area contributed by atoms with Crippen molar-refractivity contribution in [2.45, 2.75) is 40.0 Å². The van der Waals surface area contributed by atoms with Gasteiger partial charge in [0.2, 0.25) is 0 Å². The molecule has 1 saturated carbocycles. The van der Waals surface area contributed by atoms with Gasteiger partial charge < -0.3 is 4.74 Å². The molecule has 0 amide bonds. The van der Waals surface area contributed by atoms with Crippen LogP contribution in [0.1, 0.15) is 47.7 Å². The van der Waals surface area contributed by atoms with Crippen LogP contribution >= 0.6 is 15.9 Å². The maximum Gasteiger partial charge on any atom is 0.170 e. The first-order valence-electron chi connectivity index (χ1n) is 6.85. The van der Waals surface area contributed by atoms with Crippen LogP contribution in [0.15, 0.2) is 10.5 Å². The standard InChI is InChI=1S/C16H21BrO2/c1-9-6-5-7-12(9)15(18)14-11(3)13(17)8-10(2)16(14)19-4/h8-9,12H,5-7H2,1-4H3. The lowest BCUT2D eigenvalue weighted by molar-refractivity contribution is 0.0893. The third-order valence-corrected chi connectivity index (χ3v) is 5.13. The Morgan fingerprint density at radius 1 is 1.37 bits per heavy atom. The van der Waals surface area contributed by atoms with Crippen molar-refractivity contribution in [3.8, 4) is 5.75 Å². The van der Waals surface area contributed by atoms with E-state index in [1.54, 1.807) is 7.11 Å². The number of methoxy groups -OCH3 is 1. The van der Waals surface area contributed by atoms with Gasteiger partial charge in [-0.25, -0.2) is 0 Å². The Morgan fingerprint density at radius 3 is 2.58 bits per heavy atom. The highest BCUT2D eigenvalue weighted by Crippen LogP contribution is 2.39. The number of rotatable bonds is 3. The van der Waals surface area contributed by atoms with Crippen molar-refractivity contribution in [3.63, 3.8) is 0 Å². The molecule has 1 aromatic carbocycles. The van der Waals surface area contributed by atoms with Crippen molar-refractivity contribution in [2.75, 3.05) is 7.11 Å². The lowest BCUT2D eigenvalue weighted by Gasteiger charge is -2.20. The summed E-state index contributed by atoms with van der Waals surface area (Å²) in [5.74, 6) is 1.63. The number of carbonyl (C=O) groups excluding carboxylic acids is 1. The van der Waals surface area contributed by atoms with Gasteiger partial charge >= 0.3 is 0 Å². The molecule has 3 heteroatoms. The summed E-state index contributed by atoms with van der Waals surface area (Å²) in [6.45, 7) is 6.15. The van der Waals surface area contributed by atoms with Gasteiger partial charge in [-0.15, -0.1) is 0 Å². The van der Waals surface area contributed by atoms with Crippen LogP contribution in [0.4, 0.5) is 0 Å². The molecule has 2 rings (SSSR count). The molecule has 0 bridgehead atoms. The quantitative estimate of drug-likeness (QED) is 0.754. The molecule has 1 aliphatic carbocycles. The number of halogens is 1.